The highest BCUT2D eigenvalue weighted by atomic mass is 15.3. The molecule has 0 aromatic carbocycles. The van der Waals surface area contributed by atoms with Gasteiger partial charge in [-0.3, -0.25) is 4.99 Å². The second kappa shape index (κ2) is 8.04. The number of nitrogens with one attached hydrogen (secondary N) is 2. The van der Waals surface area contributed by atoms with E-state index in [4.69, 9.17) is 0 Å². The summed E-state index contributed by atoms with van der Waals surface area (Å²) in [5.41, 5.74) is 1.13. The summed E-state index contributed by atoms with van der Waals surface area (Å²) in [6.45, 7) is 3.80. The summed E-state index contributed by atoms with van der Waals surface area (Å²) in [6.07, 6.45) is 7.72. The van der Waals surface area contributed by atoms with Crippen LogP contribution in [-0.4, -0.2) is 34.3 Å². The topological polar surface area (TPSA) is 67.1 Å². The molecular weight excluding hydrogens is 264 g/mol. The summed E-state index contributed by atoms with van der Waals surface area (Å²) in [5.74, 6) is 1.63. The lowest BCUT2D eigenvalue weighted by molar-refractivity contribution is 0.728. The predicted molar refractivity (Wildman–Crippen MR) is 84.5 cm³/mol. The van der Waals surface area contributed by atoms with Gasteiger partial charge in [0.25, 0.3) is 0 Å². The van der Waals surface area contributed by atoms with E-state index in [1.165, 1.54) is 6.42 Å². The summed E-state index contributed by atoms with van der Waals surface area (Å²) >= 11 is 0. The number of rotatable bonds is 6. The van der Waals surface area contributed by atoms with Crippen molar-refractivity contribution in [2.75, 3.05) is 13.6 Å². The van der Waals surface area contributed by atoms with Gasteiger partial charge >= 0.3 is 0 Å². The zero-order chi connectivity index (χ0) is 14.9. The number of aliphatic imine (C=N–C) groups is 1. The van der Waals surface area contributed by atoms with Gasteiger partial charge in [0.2, 0.25) is 0 Å². The van der Waals surface area contributed by atoms with Crippen molar-refractivity contribution < 1.29 is 0 Å². The van der Waals surface area contributed by atoms with Crippen molar-refractivity contribution in [3.05, 3.63) is 42.4 Å². The second-order valence-corrected chi connectivity index (χ2v) is 4.68. The molecule has 0 fully saturated rings. The minimum absolute atomic E-state index is 0.697. The van der Waals surface area contributed by atoms with Crippen LogP contribution in [0.25, 0.3) is 5.82 Å². The normalized spacial score (nSPS) is 11.4. The Labute approximate surface area is 125 Å². The molecule has 6 nitrogen and oxygen atoms in total. The largest absolute Gasteiger partial charge is 0.356 e. The Morgan fingerprint density at radius 1 is 1.33 bits per heavy atom. The van der Waals surface area contributed by atoms with Crippen LogP contribution in [-0.2, 0) is 6.54 Å². The SMILES string of the molecule is CCCCNC(=NC)NCc1ccnc(-n2cccn2)c1. The number of pyridine rings is 1. The first-order valence-corrected chi connectivity index (χ1v) is 7.23. The van der Waals surface area contributed by atoms with Crippen LogP contribution in [0.4, 0.5) is 0 Å². The van der Waals surface area contributed by atoms with E-state index in [1.54, 1.807) is 24.1 Å². The van der Waals surface area contributed by atoms with Gasteiger partial charge in [-0.15, -0.1) is 0 Å². The molecule has 0 atom stereocenters. The summed E-state index contributed by atoms with van der Waals surface area (Å²) in [5, 5.41) is 10.8. The van der Waals surface area contributed by atoms with Gasteiger partial charge in [-0.2, -0.15) is 5.10 Å². The van der Waals surface area contributed by atoms with Crippen LogP contribution < -0.4 is 10.6 Å². The van der Waals surface area contributed by atoms with Crippen LogP contribution in [0.3, 0.4) is 0 Å². The fraction of sp³-hybridized carbons (Fsp3) is 0.400. The average molecular weight is 286 g/mol. The molecule has 0 bridgehead atoms. The molecule has 0 saturated carbocycles. The molecule has 21 heavy (non-hydrogen) atoms. The molecule has 0 amide bonds. The molecule has 112 valence electrons. The average Bonchev–Trinajstić information content (AvgIpc) is 3.05. The van der Waals surface area contributed by atoms with Crippen molar-refractivity contribution in [3.63, 3.8) is 0 Å². The monoisotopic (exact) mass is 286 g/mol. The lowest BCUT2D eigenvalue weighted by Crippen LogP contribution is -2.37. The van der Waals surface area contributed by atoms with Crippen molar-refractivity contribution in [2.45, 2.75) is 26.3 Å². The van der Waals surface area contributed by atoms with Crippen molar-refractivity contribution >= 4 is 5.96 Å². The molecule has 2 aromatic heterocycles. The number of hydrogen-bond donors (Lipinski definition) is 2. The number of guanidine groups is 1. The van der Waals surface area contributed by atoms with E-state index in [1.807, 2.05) is 24.4 Å². The second-order valence-electron chi connectivity index (χ2n) is 4.68. The maximum absolute atomic E-state index is 4.32. The van der Waals surface area contributed by atoms with Crippen LogP contribution in [0.5, 0.6) is 0 Å². The molecule has 2 rings (SSSR count). The minimum atomic E-state index is 0.697. The summed E-state index contributed by atoms with van der Waals surface area (Å²) < 4.78 is 1.75. The Bertz CT molecular complexity index is 561. The van der Waals surface area contributed by atoms with E-state index in [-0.39, 0.29) is 0 Å². The Morgan fingerprint density at radius 2 is 2.24 bits per heavy atom. The highest BCUT2D eigenvalue weighted by Gasteiger charge is 2.01. The molecule has 0 aliphatic rings. The zero-order valence-corrected chi connectivity index (χ0v) is 12.6. The molecule has 2 aromatic rings. The van der Waals surface area contributed by atoms with Crippen LogP contribution >= 0.6 is 0 Å². The first-order chi connectivity index (χ1) is 10.3. The minimum Gasteiger partial charge on any atom is -0.356 e. The quantitative estimate of drug-likeness (QED) is 0.482. The molecule has 0 aliphatic heterocycles. The maximum atomic E-state index is 4.32. The van der Waals surface area contributed by atoms with Gasteiger partial charge in [-0.25, -0.2) is 9.67 Å². The van der Waals surface area contributed by atoms with Gasteiger partial charge in [0.1, 0.15) is 0 Å². The number of hydrogen-bond acceptors (Lipinski definition) is 3. The number of nitrogens with zero attached hydrogens (tertiary/aromatic N) is 4. The molecule has 0 radical (unpaired) electrons. The fourth-order valence-corrected chi connectivity index (χ4v) is 1.89. The molecule has 0 saturated heterocycles. The van der Waals surface area contributed by atoms with Crippen LogP contribution in [0.2, 0.25) is 0 Å². The van der Waals surface area contributed by atoms with Crippen molar-refractivity contribution in [1.82, 2.24) is 25.4 Å². The maximum Gasteiger partial charge on any atom is 0.191 e. The summed E-state index contributed by atoms with van der Waals surface area (Å²) in [4.78, 5) is 8.53. The molecule has 2 heterocycles. The molecule has 6 heteroatoms. The van der Waals surface area contributed by atoms with Crippen molar-refractivity contribution in [1.29, 1.82) is 0 Å². The van der Waals surface area contributed by atoms with E-state index in [9.17, 15) is 0 Å². The Kier molecular flexibility index (Phi) is 5.75. The Balaban J connectivity index is 1.92. The van der Waals surface area contributed by atoms with Gasteiger partial charge in [-0.05, 0) is 30.2 Å². The molecule has 2 N–H and O–H groups in total. The lowest BCUT2D eigenvalue weighted by atomic mass is 10.2. The number of aromatic nitrogens is 3. The third-order valence-electron chi connectivity index (χ3n) is 3.06. The van der Waals surface area contributed by atoms with Crippen LogP contribution in [0.1, 0.15) is 25.3 Å². The Hall–Kier alpha value is -2.37. The van der Waals surface area contributed by atoms with E-state index in [2.05, 4.69) is 32.6 Å². The highest BCUT2D eigenvalue weighted by Crippen LogP contribution is 2.05. The zero-order valence-electron chi connectivity index (χ0n) is 12.6. The first kappa shape index (κ1) is 15.0. The van der Waals surface area contributed by atoms with E-state index < -0.39 is 0 Å². The van der Waals surface area contributed by atoms with Gasteiger partial charge < -0.3 is 10.6 Å². The van der Waals surface area contributed by atoms with Gasteiger partial charge in [-0.1, -0.05) is 13.3 Å². The lowest BCUT2D eigenvalue weighted by Gasteiger charge is -2.12. The van der Waals surface area contributed by atoms with Gasteiger partial charge in [0.05, 0.1) is 0 Å². The van der Waals surface area contributed by atoms with E-state index in [0.29, 0.717) is 6.54 Å². The molecular formula is C15H22N6. The first-order valence-electron chi connectivity index (χ1n) is 7.23. The smallest absolute Gasteiger partial charge is 0.191 e. The molecule has 0 aliphatic carbocycles. The van der Waals surface area contributed by atoms with E-state index >= 15 is 0 Å². The van der Waals surface area contributed by atoms with Gasteiger partial charge in [0.15, 0.2) is 11.8 Å². The van der Waals surface area contributed by atoms with E-state index in [0.717, 1.165) is 30.3 Å². The van der Waals surface area contributed by atoms with Crippen LogP contribution in [0.15, 0.2) is 41.8 Å². The molecule has 0 spiro atoms. The Morgan fingerprint density at radius 3 is 2.95 bits per heavy atom. The van der Waals surface area contributed by atoms with Crippen molar-refractivity contribution in [2.24, 2.45) is 4.99 Å². The van der Waals surface area contributed by atoms with Gasteiger partial charge in [0, 0.05) is 38.7 Å². The summed E-state index contributed by atoms with van der Waals surface area (Å²) in [6, 6.07) is 5.88. The fourth-order valence-electron chi connectivity index (χ4n) is 1.89. The van der Waals surface area contributed by atoms with Crippen molar-refractivity contribution in [3.8, 4) is 5.82 Å². The summed E-state index contributed by atoms with van der Waals surface area (Å²) in [7, 11) is 1.78. The number of unbranched alkanes of at least 4 members (excludes halogenated alkanes) is 1. The predicted octanol–water partition coefficient (Wildman–Crippen LogP) is 1.73. The standard InChI is InChI=1S/C15H22N6/c1-3-4-7-18-15(16-2)19-12-13-6-9-17-14(11-13)21-10-5-8-20-21/h5-6,8-11H,3-4,7,12H2,1-2H3,(H2,16,18,19). The van der Waals surface area contributed by atoms with Crippen LogP contribution in [0, 0.1) is 0 Å². The highest BCUT2D eigenvalue weighted by molar-refractivity contribution is 5.79. The third-order valence-corrected chi connectivity index (χ3v) is 3.06. The third kappa shape index (κ3) is 4.59. The molecule has 0 unspecified atom stereocenters.